The highest BCUT2D eigenvalue weighted by atomic mass is 16.4. The smallest absolute Gasteiger partial charge is 0.170 e. The first-order valence-electron chi connectivity index (χ1n) is 6.89. The Morgan fingerprint density at radius 2 is 1.71 bits per heavy atom. The number of hydrogen-bond donors (Lipinski definition) is 2. The Morgan fingerprint density at radius 3 is 2.33 bits per heavy atom. The molecule has 21 heavy (non-hydrogen) atoms. The minimum absolute atomic E-state index is 0.137. The van der Waals surface area contributed by atoms with Crippen molar-refractivity contribution in [2.75, 3.05) is 7.05 Å². The second-order valence-corrected chi connectivity index (χ2v) is 5.35. The lowest BCUT2D eigenvalue weighted by atomic mass is 10.1. The largest absolute Gasteiger partial charge is 0.409 e. The molecule has 2 aromatic carbocycles. The van der Waals surface area contributed by atoms with Gasteiger partial charge in [0.05, 0.1) is 0 Å². The zero-order valence-corrected chi connectivity index (χ0v) is 12.5. The number of oxime groups is 1. The van der Waals surface area contributed by atoms with Gasteiger partial charge in [-0.2, -0.15) is 0 Å². The van der Waals surface area contributed by atoms with Crippen LogP contribution in [0.1, 0.15) is 22.3 Å². The minimum atomic E-state index is 0.137. The molecular formula is C17H21N3O. The van der Waals surface area contributed by atoms with Crippen LogP contribution in [0.4, 0.5) is 0 Å². The summed E-state index contributed by atoms with van der Waals surface area (Å²) in [5.41, 5.74) is 10.1. The molecule has 0 heterocycles. The summed E-state index contributed by atoms with van der Waals surface area (Å²) < 4.78 is 0. The summed E-state index contributed by atoms with van der Waals surface area (Å²) in [7, 11) is 2.08. The summed E-state index contributed by atoms with van der Waals surface area (Å²) in [6.45, 7) is 3.79. The maximum absolute atomic E-state index is 8.73. The normalized spacial score (nSPS) is 11.9. The minimum Gasteiger partial charge on any atom is -0.409 e. The molecule has 0 radical (unpaired) electrons. The first-order chi connectivity index (χ1) is 10.1. The molecule has 110 valence electrons. The van der Waals surface area contributed by atoms with Crippen molar-refractivity contribution in [1.29, 1.82) is 0 Å². The van der Waals surface area contributed by atoms with Crippen LogP contribution in [0, 0.1) is 6.92 Å². The van der Waals surface area contributed by atoms with E-state index in [1.165, 1.54) is 11.1 Å². The highest BCUT2D eigenvalue weighted by molar-refractivity contribution is 5.97. The maximum atomic E-state index is 8.73. The van der Waals surface area contributed by atoms with E-state index in [0.29, 0.717) is 0 Å². The van der Waals surface area contributed by atoms with Gasteiger partial charge in [-0.05, 0) is 31.2 Å². The van der Waals surface area contributed by atoms with E-state index in [2.05, 4.69) is 48.3 Å². The molecule has 0 atom stereocenters. The van der Waals surface area contributed by atoms with Gasteiger partial charge >= 0.3 is 0 Å². The molecule has 0 fully saturated rings. The van der Waals surface area contributed by atoms with Crippen molar-refractivity contribution >= 4 is 5.84 Å². The molecule has 0 aliphatic carbocycles. The van der Waals surface area contributed by atoms with Crippen molar-refractivity contribution in [3.8, 4) is 0 Å². The number of benzene rings is 2. The highest BCUT2D eigenvalue weighted by Crippen LogP contribution is 2.11. The van der Waals surface area contributed by atoms with Crippen LogP contribution in [0.25, 0.3) is 0 Å². The molecule has 0 aromatic heterocycles. The number of amidine groups is 1. The Balaban J connectivity index is 2.04. The molecule has 4 heteroatoms. The van der Waals surface area contributed by atoms with Crippen molar-refractivity contribution in [1.82, 2.24) is 4.90 Å². The molecule has 2 aromatic rings. The summed E-state index contributed by atoms with van der Waals surface area (Å²) in [6.07, 6.45) is 0. The second kappa shape index (κ2) is 6.90. The fourth-order valence-corrected chi connectivity index (χ4v) is 2.38. The summed E-state index contributed by atoms with van der Waals surface area (Å²) in [6, 6.07) is 16.3. The molecule has 0 unspecified atom stereocenters. The fourth-order valence-electron chi connectivity index (χ4n) is 2.38. The van der Waals surface area contributed by atoms with E-state index in [1.807, 2.05) is 24.3 Å². The molecule has 0 spiro atoms. The number of nitrogens with two attached hydrogens (primary N) is 1. The molecule has 0 aliphatic heterocycles. The summed E-state index contributed by atoms with van der Waals surface area (Å²) in [5.74, 6) is 0.137. The van der Waals surface area contributed by atoms with Gasteiger partial charge in [-0.15, -0.1) is 0 Å². The summed E-state index contributed by atoms with van der Waals surface area (Å²) in [5, 5.41) is 11.8. The van der Waals surface area contributed by atoms with Crippen LogP contribution >= 0.6 is 0 Å². The number of rotatable bonds is 5. The lowest BCUT2D eigenvalue weighted by molar-refractivity contribution is 0.318. The Kier molecular flexibility index (Phi) is 4.95. The van der Waals surface area contributed by atoms with E-state index in [4.69, 9.17) is 10.9 Å². The van der Waals surface area contributed by atoms with Gasteiger partial charge in [0.1, 0.15) is 0 Å². The van der Waals surface area contributed by atoms with Crippen LogP contribution in [-0.2, 0) is 13.1 Å². The standard InChI is InChI=1S/C17H21N3O/c1-13-5-3-6-14(9-13)11-20(2)12-15-7-4-8-16(10-15)17(18)19-21/h3-10,21H,11-12H2,1-2H3,(H2,18,19). The number of nitrogens with zero attached hydrogens (tertiary/aromatic N) is 2. The average Bonchev–Trinajstić information content (AvgIpc) is 2.46. The molecule has 2 rings (SSSR count). The van der Waals surface area contributed by atoms with Gasteiger partial charge in [-0.3, -0.25) is 4.90 Å². The van der Waals surface area contributed by atoms with Crippen molar-refractivity contribution in [2.24, 2.45) is 10.9 Å². The lowest BCUT2D eigenvalue weighted by Crippen LogP contribution is -2.18. The van der Waals surface area contributed by atoms with Gasteiger partial charge in [0.2, 0.25) is 0 Å². The third-order valence-electron chi connectivity index (χ3n) is 3.32. The monoisotopic (exact) mass is 283 g/mol. The zero-order valence-electron chi connectivity index (χ0n) is 12.5. The third kappa shape index (κ3) is 4.33. The zero-order chi connectivity index (χ0) is 15.2. The molecule has 0 bridgehead atoms. The molecule has 0 amide bonds. The Bertz CT molecular complexity index is 637. The Hall–Kier alpha value is -2.33. The van der Waals surface area contributed by atoms with Gasteiger partial charge in [-0.1, -0.05) is 53.2 Å². The summed E-state index contributed by atoms with van der Waals surface area (Å²) >= 11 is 0. The maximum Gasteiger partial charge on any atom is 0.170 e. The van der Waals surface area contributed by atoms with Gasteiger partial charge in [0, 0.05) is 18.7 Å². The van der Waals surface area contributed by atoms with E-state index in [-0.39, 0.29) is 5.84 Å². The molecule has 4 nitrogen and oxygen atoms in total. The number of hydrogen-bond acceptors (Lipinski definition) is 3. The molecule has 0 saturated heterocycles. The quantitative estimate of drug-likeness (QED) is 0.384. The van der Waals surface area contributed by atoms with E-state index in [9.17, 15) is 0 Å². The van der Waals surface area contributed by atoms with Crippen molar-refractivity contribution < 1.29 is 5.21 Å². The molecule has 0 saturated carbocycles. The predicted octanol–water partition coefficient (Wildman–Crippen LogP) is 2.72. The molecular weight excluding hydrogens is 262 g/mol. The van der Waals surface area contributed by atoms with Gasteiger partial charge in [0.15, 0.2) is 5.84 Å². The SMILES string of the molecule is Cc1cccc(CN(C)Cc2cccc(C(N)=NO)c2)c1. The van der Waals surface area contributed by atoms with Gasteiger partial charge < -0.3 is 10.9 Å². The van der Waals surface area contributed by atoms with E-state index >= 15 is 0 Å². The predicted molar refractivity (Wildman–Crippen MR) is 85.3 cm³/mol. The van der Waals surface area contributed by atoms with Gasteiger partial charge in [0.25, 0.3) is 0 Å². The first-order valence-corrected chi connectivity index (χ1v) is 6.89. The topological polar surface area (TPSA) is 61.8 Å². The van der Waals surface area contributed by atoms with E-state index in [1.54, 1.807) is 0 Å². The fraction of sp³-hybridized carbons (Fsp3) is 0.235. The van der Waals surface area contributed by atoms with Crippen molar-refractivity contribution in [3.63, 3.8) is 0 Å². The van der Waals surface area contributed by atoms with Crippen LogP contribution in [-0.4, -0.2) is 23.0 Å². The van der Waals surface area contributed by atoms with Crippen LogP contribution in [0.2, 0.25) is 0 Å². The Morgan fingerprint density at radius 1 is 1.10 bits per heavy atom. The van der Waals surface area contributed by atoms with E-state index < -0.39 is 0 Å². The Labute approximate surface area is 125 Å². The molecule has 3 N–H and O–H groups in total. The van der Waals surface area contributed by atoms with Crippen molar-refractivity contribution in [3.05, 3.63) is 70.8 Å². The van der Waals surface area contributed by atoms with Gasteiger partial charge in [-0.25, -0.2) is 0 Å². The third-order valence-corrected chi connectivity index (χ3v) is 3.32. The van der Waals surface area contributed by atoms with Crippen molar-refractivity contribution in [2.45, 2.75) is 20.0 Å². The summed E-state index contributed by atoms with van der Waals surface area (Å²) in [4.78, 5) is 2.24. The first kappa shape index (κ1) is 15.1. The van der Waals surface area contributed by atoms with Crippen LogP contribution < -0.4 is 5.73 Å². The highest BCUT2D eigenvalue weighted by Gasteiger charge is 2.05. The number of aryl methyl sites for hydroxylation is 1. The molecule has 0 aliphatic rings. The average molecular weight is 283 g/mol. The van der Waals surface area contributed by atoms with Crippen LogP contribution in [0.3, 0.4) is 0 Å². The van der Waals surface area contributed by atoms with E-state index in [0.717, 1.165) is 24.2 Å². The second-order valence-electron chi connectivity index (χ2n) is 5.35. The van der Waals surface area contributed by atoms with Crippen LogP contribution in [0.5, 0.6) is 0 Å². The lowest BCUT2D eigenvalue weighted by Gasteiger charge is -2.17. The van der Waals surface area contributed by atoms with Crippen LogP contribution in [0.15, 0.2) is 53.7 Å².